The van der Waals surface area contributed by atoms with Gasteiger partial charge in [0.15, 0.2) is 5.82 Å². The quantitative estimate of drug-likeness (QED) is 0.817. The lowest BCUT2D eigenvalue weighted by Crippen LogP contribution is -2.40. The molecule has 3 N–H and O–H groups in total. The normalized spacial score (nSPS) is 16.6. The molecule has 0 unspecified atom stereocenters. The van der Waals surface area contributed by atoms with Gasteiger partial charge in [-0.3, -0.25) is 0 Å². The van der Waals surface area contributed by atoms with E-state index in [-0.39, 0.29) is 23.6 Å². The lowest BCUT2D eigenvalue weighted by molar-refractivity contribution is -0.151. The standard InChI is InChI=1S/C13H17F3N4S/c1-3-7-8(4-2)19-20-11(9(7)10(17)21)18-12(5-6-12)13(14,15)16/h3-6H2,1-2H3,(H2,17,21)(H,18,20). The van der Waals surface area contributed by atoms with E-state index in [0.717, 1.165) is 5.56 Å². The van der Waals surface area contributed by atoms with E-state index in [1.807, 2.05) is 13.8 Å². The predicted octanol–water partition coefficient (Wildman–Crippen LogP) is 2.74. The molecule has 1 heterocycles. The summed E-state index contributed by atoms with van der Waals surface area (Å²) in [6.45, 7) is 3.79. The second-order valence-corrected chi connectivity index (χ2v) is 5.56. The Kier molecular flexibility index (Phi) is 4.10. The predicted molar refractivity (Wildman–Crippen MR) is 78.3 cm³/mol. The average molecular weight is 318 g/mol. The van der Waals surface area contributed by atoms with Gasteiger partial charge in [0.2, 0.25) is 0 Å². The molecule has 0 atom stereocenters. The van der Waals surface area contributed by atoms with E-state index in [2.05, 4.69) is 15.5 Å². The molecule has 1 saturated carbocycles. The highest BCUT2D eigenvalue weighted by Crippen LogP contribution is 2.51. The first-order chi connectivity index (χ1) is 9.75. The van der Waals surface area contributed by atoms with Gasteiger partial charge in [0.05, 0.1) is 11.3 Å². The number of nitrogens with zero attached hydrogens (tertiary/aromatic N) is 2. The number of halogens is 3. The second kappa shape index (κ2) is 5.40. The van der Waals surface area contributed by atoms with Crippen molar-refractivity contribution in [1.29, 1.82) is 0 Å². The fourth-order valence-electron chi connectivity index (χ4n) is 2.36. The molecule has 116 valence electrons. The van der Waals surface area contributed by atoms with Crippen molar-refractivity contribution in [2.75, 3.05) is 5.32 Å². The van der Waals surface area contributed by atoms with Crippen LogP contribution in [-0.2, 0) is 12.8 Å². The third kappa shape index (κ3) is 2.81. The van der Waals surface area contributed by atoms with Crippen LogP contribution in [0.5, 0.6) is 0 Å². The molecular weight excluding hydrogens is 301 g/mol. The van der Waals surface area contributed by atoms with E-state index in [1.165, 1.54) is 0 Å². The molecule has 1 aromatic heterocycles. The molecule has 2 rings (SSSR count). The van der Waals surface area contributed by atoms with Gasteiger partial charge < -0.3 is 11.1 Å². The van der Waals surface area contributed by atoms with Crippen LogP contribution in [0.15, 0.2) is 0 Å². The highest BCUT2D eigenvalue weighted by atomic mass is 32.1. The molecule has 0 saturated heterocycles. The maximum atomic E-state index is 13.1. The SMILES string of the molecule is CCc1nnc(NC2(C(F)(F)F)CC2)c(C(N)=S)c1CC. The molecule has 1 fully saturated rings. The van der Waals surface area contributed by atoms with Crippen LogP contribution in [0.4, 0.5) is 19.0 Å². The lowest BCUT2D eigenvalue weighted by Gasteiger charge is -2.23. The minimum Gasteiger partial charge on any atom is -0.389 e. The van der Waals surface area contributed by atoms with Crippen molar-refractivity contribution in [3.63, 3.8) is 0 Å². The monoisotopic (exact) mass is 318 g/mol. The van der Waals surface area contributed by atoms with Gasteiger partial charge in [-0.1, -0.05) is 26.1 Å². The number of nitrogens with two attached hydrogens (primary N) is 1. The summed E-state index contributed by atoms with van der Waals surface area (Å²) < 4.78 is 39.2. The Balaban J connectivity index is 2.48. The van der Waals surface area contributed by atoms with Crippen LogP contribution in [0.25, 0.3) is 0 Å². The first kappa shape index (κ1) is 15.9. The third-order valence-corrected chi connectivity index (χ3v) is 3.95. The van der Waals surface area contributed by atoms with E-state index in [4.69, 9.17) is 18.0 Å². The molecule has 21 heavy (non-hydrogen) atoms. The highest BCUT2D eigenvalue weighted by Gasteiger charge is 2.64. The van der Waals surface area contributed by atoms with Crippen LogP contribution in [0.2, 0.25) is 0 Å². The van der Waals surface area contributed by atoms with Crippen molar-refractivity contribution < 1.29 is 13.2 Å². The fourth-order valence-corrected chi connectivity index (χ4v) is 2.58. The molecule has 0 bridgehead atoms. The van der Waals surface area contributed by atoms with Crippen LogP contribution in [-0.4, -0.2) is 26.9 Å². The van der Waals surface area contributed by atoms with E-state index < -0.39 is 11.7 Å². The van der Waals surface area contributed by atoms with Crippen molar-refractivity contribution in [1.82, 2.24) is 10.2 Å². The molecular formula is C13H17F3N4S. The number of thiocarbonyl (C=S) groups is 1. The number of hydrogen-bond acceptors (Lipinski definition) is 4. The molecule has 4 nitrogen and oxygen atoms in total. The summed E-state index contributed by atoms with van der Waals surface area (Å²) in [5, 5.41) is 10.4. The van der Waals surface area contributed by atoms with Crippen molar-refractivity contribution in [2.45, 2.75) is 51.2 Å². The van der Waals surface area contributed by atoms with Crippen molar-refractivity contribution in [2.24, 2.45) is 5.73 Å². The minimum absolute atomic E-state index is 0.0198. The number of hydrogen-bond donors (Lipinski definition) is 2. The number of anilines is 1. The molecule has 0 aliphatic heterocycles. The first-order valence-electron chi connectivity index (χ1n) is 6.79. The van der Waals surface area contributed by atoms with Crippen LogP contribution >= 0.6 is 12.2 Å². The Labute approximate surface area is 126 Å². The van der Waals surface area contributed by atoms with Gasteiger partial charge >= 0.3 is 6.18 Å². The molecule has 0 radical (unpaired) electrons. The molecule has 8 heteroatoms. The van der Waals surface area contributed by atoms with Crippen molar-refractivity contribution in [3.05, 3.63) is 16.8 Å². The van der Waals surface area contributed by atoms with Crippen molar-refractivity contribution >= 4 is 23.0 Å². The Hall–Kier alpha value is -1.44. The zero-order valence-electron chi connectivity index (χ0n) is 11.8. The number of aromatic nitrogens is 2. The largest absolute Gasteiger partial charge is 0.411 e. The van der Waals surface area contributed by atoms with Gasteiger partial charge in [-0.2, -0.15) is 18.3 Å². The molecule has 0 spiro atoms. The summed E-state index contributed by atoms with van der Waals surface area (Å²) in [5.74, 6) is 0.0337. The average Bonchev–Trinajstić information content (AvgIpc) is 3.18. The Morgan fingerprint density at radius 1 is 1.29 bits per heavy atom. The van der Waals surface area contributed by atoms with Gasteiger partial charge in [-0.25, -0.2) is 0 Å². The lowest BCUT2D eigenvalue weighted by atomic mass is 10.0. The van der Waals surface area contributed by atoms with Gasteiger partial charge in [0.1, 0.15) is 10.5 Å². The van der Waals surface area contributed by atoms with Crippen LogP contribution in [0, 0.1) is 0 Å². The Morgan fingerprint density at radius 2 is 1.90 bits per heavy atom. The Morgan fingerprint density at radius 3 is 2.29 bits per heavy atom. The van der Waals surface area contributed by atoms with E-state index in [0.29, 0.717) is 24.1 Å². The number of rotatable bonds is 5. The molecule has 1 aliphatic carbocycles. The summed E-state index contributed by atoms with van der Waals surface area (Å²) in [4.78, 5) is 0.0388. The van der Waals surface area contributed by atoms with E-state index >= 15 is 0 Å². The maximum Gasteiger partial charge on any atom is 0.411 e. The summed E-state index contributed by atoms with van der Waals surface area (Å²) in [6, 6.07) is 0. The smallest absolute Gasteiger partial charge is 0.389 e. The molecule has 1 aliphatic rings. The minimum atomic E-state index is -4.34. The number of aryl methyl sites for hydroxylation is 1. The maximum absolute atomic E-state index is 13.1. The zero-order chi connectivity index (χ0) is 15.8. The van der Waals surface area contributed by atoms with Gasteiger partial charge in [-0.15, -0.1) is 5.10 Å². The van der Waals surface area contributed by atoms with E-state index in [9.17, 15) is 13.2 Å². The van der Waals surface area contributed by atoms with Crippen LogP contribution in [0.1, 0.15) is 43.5 Å². The second-order valence-electron chi connectivity index (χ2n) is 5.13. The highest BCUT2D eigenvalue weighted by molar-refractivity contribution is 7.80. The molecule has 1 aromatic rings. The van der Waals surface area contributed by atoms with Gasteiger partial charge in [0, 0.05) is 0 Å². The molecule has 0 amide bonds. The summed E-state index contributed by atoms with van der Waals surface area (Å²) in [7, 11) is 0. The van der Waals surface area contributed by atoms with E-state index in [1.54, 1.807) is 0 Å². The topological polar surface area (TPSA) is 63.8 Å². The summed E-state index contributed by atoms with van der Waals surface area (Å²) >= 11 is 5.00. The number of alkyl halides is 3. The zero-order valence-corrected chi connectivity index (χ0v) is 12.7. The summed E-state index contributed by atoms with van der Waals surface area (Å²) in [5.41, 5.74) is 5.65. The first-order valence-corrected chi connectivity index (χ1v) is 7.19. The Bertz CT molecular complexity index is 567. The van der Waals surface area contributed by atoms with Crippen molar-refractivity contribution in [3.8, 4) is 0 Å². The molecule has 0 aromatic carbocycles. The van der Waals surface area contributed by atoms with Crippen LogP contribution < -0.4 is 11.1 Å². The summed E-state index contributed by atoms with van der Waals surface area (Å²) in [6.07, 6.45) is -3.09. The van der Waals surface area contributed by atoms with Gasteiger partial charge in [0.25, 0.3) is 0 Å². The third-order valence-electron chi connectivity index (χ3n) is 3.74. The fraction of sp³-hybridized carbons (Fsp3) is 0.615. The van der Waals surface area contributed by atoms with Crippen LogP contribution in [0.3, 0.4) is 0 Å². The van der Waals surface area contributed by atoms with Gasteiger partial charge in [-0.05, 0) is 31.2 Å². The number of nitrogens with one attached hydrogen (secondary N) is 1.